The maximum Gasteiger partial charge on any atom is 0.259 e. The Morgan fingerprint density at radius 1 is 1.06 bits per heavy atom. The molecule has 4 rings (SSSR count). The number of nitrogens with zero attached hydrogens (tertiary/aromatic N) is 3. The summed E-state index contributed by atoms with van der Waals surface area (Å²) in [6.07, 6.45) is 1.46. The lowest BCUT2D eigenvalue weighted by molar-refractivity contribution is -0.121. The molecule has 0 spiro atoms. The van der Waals surface area contributed by atoms with Gasteiger partial charge in [0.05, 0.1) is 18.6 Å². The van der Waals surface area contributed by atoms with Crippen LogP contribution in [0.2, 0.25) is 0 Å². The number of hydrogen-bond acceptors (Lipinski definition) is 5. The third kappa shape index (κ3) is 4.70. The zero-order valence-corrected chi connectivity index (χ0v) is 18.3. The van der Waals surface area contributed by atoms with Crippen LogP contribution in [-0.2, 0) is 22.6 Å². The number of hydrogen-bond donors (Lipinski definition) is 1. The van der Waals surface area contributed by atoms with E-state index in [1.807, 2.05) is 38.1 Å². The molecule has 2 aromatic heterocycles. The van der Waals surface area contributed by atoms with Crippen molar-refractivity contribution in [3.63, 3.8) is 0 Å². The number of ether oxygens (including phenoxy) is 1. The smallest absolute Gasteiger partial charge is 0.259 e. The maximum atomic E-state index is 13.1. The van der Waals surface area contributed by atoms with Crippen LogP contribution >= 0.6 is 0 Å². The Hall–Kier alpha value is -3.52. The molecule has 2 amide bonds. The first kappa shape index (κ1) is 21.7. The molecule has 8 nitrogen and oxygen atoms in total. The van der Waals surface area contributed by atoms with E-state index in [2.05, 4.69) is 10.3 Å². The summed E-state index contributed by atoms with van der Waals surface area (Å²) >= 11 is 0. The first-order valence-electron chi connectivity index (χ1n) is 10.6. The molecule has 3 heterocycles. The van der Waals surface area contributed by atoms with Gasteiger partial charge in [-0.05, 0) is 31.5 Å². The van der Waals surface area contributed by atoms with Gasteiger partial charge in [0.25, 0.3) is 5.91 Å². The van der Waals surface area contributed by atoms with Crippen molar-refractivity contribution in [2.24, 2.45) is 0 Å². The lowest BCUT2D eigenvalue weighted by Crippen LogP contribution is -2.42. The molecule has 3 aromatic rings. The van der Waals surface area contributed by atoms with Crippen LogP contribution in [0.3, 0.4) is 0 Å². The fourth-order valence-corrected chi connectivity index (χ4v) is 3.69. The molecule has 1 aliphatic rings. The number of benzene rings is 1. The molecule has 0 unspecified atom stereocenters. The number of rotatable bonds is 5. The molecular weight excluding hydrogens is 408 g/mol. The highest BCUT2D eigenvalue weighted by Crippen LogP contribution is 2.13. The molecule has 1 fully saturated rings. The fourth-order valence-electron chi connectivity index (χ4n) is 3.69. The van der Waals surface area contributed by atoms with Gasteiger partial charge in [0, 0.05) is 31.5 Å². The average molecular weight is 434 g/mol. The van der Waals surface area contributed by atoms with Crippen LogP contribution in [0.5, 0.6) is 0 Å². The first-order chi connectivity index (χ1) is 15.4. The van der Waals surface area contributed by atoms with Gasteiger partial charge in [0.2, 0.25) is 11.3 Å². The van der Waals surface area contributed by atoms with Crippen molar-refractivity contribution in [1.29, 1.82) is 0 Å². The largest absolute Gasteiger partial charge is 0.378 e. The van der Waals surface area contributed by atoms with Crippen molar-refractivity contribution in [3.8, 4) is 0 Å². The third-order valence-corrected chi connectivity index (χ3v) is 5.51. The van der Waals surface area contributed by atoms with Gasteiger partial charge in [-0.25, -0.2) is 4.98 Å². The Kier molecular flexibility index (Phi) is 6.32. The highest BCUT2D eigenvalue weighted by molar-refractivity contribution is 5.97. The number of pyridine rings is 2. The van der Waals surface area contributed by atoms with Crippen LogP contribution in [0.4, 0.5) is 0 Å². The summed E-state index contributed by atoms with van der Waals surface area (Å²) in [4.78, 5) is 44.9. The fraction of sp³-hybridized carbons (Fsp3) is 0.333. The van der Waals surface area contributed by atoms with Gasteiger partial charge < -0.3 is 19.5 Å². The summed E-state index contributed by atoms with van der Waals surface area (Å²) in [5.41, 5.74) is 2.92. The Morgan fingerprint density at radius 3 is 2.50 bits per heavy atom. The van der Waals surface area contributed by atoms with E-state index in [0.29, 0.717) is 43.9 Å². The van der Waals surface area contributed by atoms with E-state index in [1.54, 1.807) is 21.6 Å². The van der Waals surface area contributed by atoms with Gasteiger partial charge in [-0.1, -0.05) is 29.8 Å². The second-order valence-corrected chi connectivity index (χ2v) is 7.99. The second kappa shape index (κ2) is 9.32. The van der Waals surface area contributed by atoms with Gasteiger partial charge in [0.1, 0.15) is 17.8 Å². The molecule has 1 saturated heterocycles. The van der Waals surface area contributed by atoms with Crippen molar-refractivity contribution in [3.05, 3.63) is 75.2 Å². The number of fused-ring (bicyclic) bond motifs is 1. The molecule has 0 atom stereocenters. The minimum Gasteiger partial charge on any atom is -0.378 e. The van der Waals surface area contributed by atoms with Crippen LogP contribution in [-0.4, -0.2) is 52.6 Å². The van der Waals surface area contributed by atoms with Crippen LogP contribution in [0.25, 0.3) is 11.0 Å². The molecule has 1 N–H and O–H groups in total. The SMILES string of the molecule is Cc1ccc(CNC(=O)Cn2cc(C(=O)N3CCOCC3)c(=O)c3ccc(C)nc32)cc1. The van der Waals surface area contributed by atoms with E-state index in [9.17, 15) is 14.4 Å². The van der Waals surface area contributed by atoms with Gasteiger partial charge in [-0.2, -0.15) is 0 Å². The first-order valence-corrected chi connectivity index (χ1v) is 10.6. The number of nitrogens with one attached hydrogen (secondary N) is 1. The minimum absolute atomic E-state index is 0.0383. The van der Waals surface area contributed by atoms with Crippen LogP contribution in [0, 0.1) is 13.8 Å². The molecule has 166 valence electrons. The number of morpholine rings is 1. The highest BCUT2D eigenvalue weighted by atomic mass is 16.5. The van der Waals surface area contributed by atoms with Crippen molar-refractivity contribution in [2.75, 3.05) is 26.3 Å². The number of amides is 2. The minimum atomic E-state index is -0.375. The van der Waals surface area contributed by atoms with Crippen molar-refractivity contribution in [1.82, 2.24) is 19.8 Å². The van der Waals surface area contributed by atoms with Crippen LogP contribution in [0.1, 0.15) is 27.2 Å². The topological polar surface area (TPSA) is 93.5 Å². The summed E-state index contributed by atoms with van der Waals surface area (Å²) in [7, 11) is 0. The van der Waals surface area contributed by atoms with E-state index in [0.717, 1.165) is 16.8 Å². The predicted molar refractivity (Wildman–Crippen MR) is 120 cm³/mol. The Morgan fingerprint density at radius 2 is 1.78 bits per heavy atom. The lowest BCUT2D eigenvalue weighted by Gasteiger charge is -2.27. The Balaban J connectivity index is 1.62. The molecule has 8 heteroatoms. The normalized spacial score (nSPS) is 13.9. The molecule has 1 aliphatic heterocycles. The Bertz CT molecular complexity index is 1210. The van der Waals surface area contributed by atoms with Gasteiger partial charge in [0.15, 0.2) is 0 Å². The third-order valence-electron chi connectivity index (χ3n) is 5.51. The van der Waals surface area contributed by atoms with Crippen molar-refractivity contribution < 1.29 is 14.3 Å². The van der Waals surface area contributed by atoms with Gasteiger partial charge >= 0.3 is 0 Å². The summed E-state index contributed by atoms with van der Waals surface area (Å²) in [6, 6.07) is 11.3. The molecule has 32 heavy (non-hydrogen) atoms. The zero-order valence-electron chi connectivity index (χ0n) is 18.3. The van der Waals surface area contributed by atoms with E-state index in [-0.39, 0.29) is 29.4 Å². The molecule has 0 bridgehead atoms. The summed E-state index contributed by atoms with van der Waals surface area (Å²) in [5.74, 6) is -0.585. The molecule has 1 aromatic carbocycles. The number of aromatic nitrogens is 2. The standard InChI is InChI=1S/C24H26N4O4/c1-16-3-6-18(7-4-16)13-25-21(29)15-28-14-20(24(31)27-9-11-32-12-10-27)22(30)19-8-5-17(2)26-23(19)28/h3-8,14H,9-13,15H2,1-2H3,(H,25,29). The molecule has 0 saturated carbocycles. The predicted octanol–water partition coefficient (Wildman–Crippen LogP) is 1.80. The van der Waals surface area contributed by atoms with E-state index in [1.165, 1.54) is 6.20 Å². The average Bonchev–Trinajstić information content (AvgIpc) is 2.80. The maximum absolute atomic E-state index is 13.1. The van der Waals surface area contributed by atoms with Gasteiger partial charge in [-0.15, -0.1) is 0 Å². The Labute approximate surface area is 185 Å². The van der Waals surface area contributed by atoms with Gasteiger partial charge in [-0.3, -0.25) is 14.4 Å². The number of aryl methyl sites for hydroxylation is 2. The molecule has 0 radical (unpaired) electrons. The quantitative estimate of drug-likeness (QED) is 0.661. The molecule has 0 aliphatic carbocycles. The summed E-state index contributed by atoms with van der Waals surface area (Å²) < 4.78 is 6.89. The zero-order chi connectivity index (χ0) is 22.7. The number of carbonyl (C=O) groups excluding carboxylic acids is 2. The summed E-state index contributed by atoms with van der Waals surface area (Å²) in [6.45, 7) is 5.91. The highest BCUT2D eigenvalue weighted by Gasteiger charge is 2.23. The van der Waals surface area contributed by atoms with Crippen molar-refractivity contribution >= 4 is 22.8 Å². The monoisotopic (exact) mass is 434 g/mol. The number of carbonyl (C=O) groups is 2. The molecular formula is C24H26N4O4. The second-order valence-electron chi connectivity index (χ2n) is 7.99. The lowest BCUT2D eigenvalue weighted by atomic mass is 10.1. The van der Waals surface area contributed by atoms with Crippen LogP contribution < -0.4 is 10.7 Å². The van der Waals surface area contributed by atoms with Crippen molar-refractivity contribution in [2.45, 2.75) is 26.9 Å². The van der Waals surface area contributed by atoms with E-state index < -0.39 is 0 Å². The van der Waals surface area contributed by atoms with E-state index in [4.69, 9.17) is 4.74 Å². The van der Waals surface area contributed by atoms with Crippen LogP contribution in [0.15, 0.2) is 47.4 Å². The summed E-state index contributed by atoms with van der Waals surface area (Å²) in [5, 5.41) is 3.22. The van der Waals surface area contributed by atoms with E-state index >= 15 is 0 Å².